The molecule has 1 aliphatic heterocycles. The highest BCUT2D eigenvalue weighted by Gasteiger charge is 2.24. The lowest BCUT2D eigenvalue weighted by Crippen LogP contribution is -2.34. The van der Waals surface area contributed by atoms with Crippen molar-refractivity contribution >= 4 is 17.8 Å². The molecule has 7 heteroatoms. The van der Waals surface area contributed by atoms with Crippen LogP contribution in [0.1, 0.15) is 40.4 Å². The van der Waals surface area contributed by atoms with Gasteiger partial charge < -0.3 is 20.5 Å². The standard InChI is InChI=1S/C21H22N2O5/c24-18(7-4-11-22-20(25)14-5-2-1-3-6-14)23-19(21(26)27)16-8-9-17-15(13-16)10-12-28-17/h1-3,5-6,8-9,13,19H,4,7,10-12H2,(H,22,25)(H,23,24)(H,26,27). The highest BCUT2D eigenvalue weighted by Crippen LogP contribution is 2.28. The normalized spacial score (nSPS) is 13.1. The molecule has 2 amide bonds. The second-order valence-electron chi connectivity index (χ2n) is 6.53. The first-order valence-corrected chi connectivity index (χ1v) is 9.15. The molecule has 0 aromatic heterocycles. The molecule has 0 saturated carbocycles. The van der Waals surface area contributed by atoms with Crippen LogP contribution < -0.4 is 15.4 Å². The lowest BCUT2D eigenvalue weighted by Gasteiger charge is -2.16. The van der Waals surface area contributed by atoms with Crippen LogP contribution in [-0.4, -0.2) is 36.0 Å². The zero-order valence-electron chi connectivity index (χ0n) is 15.3. The molecule has 0 saturated heterocycles. The van der Waals surface area contributed by atoms with Crippen molar-refractivity contribution in [1.29, 1.82) is 0 Å². The first-order valence-electron chi connectivity index (χ1n) is 9.15. The lowest BCUT2D eigenvalue weighted by molar-refractivity contribution is -0.142. The van der Waals surface area contributed by atoms with Crippen LogP contribution in [0.4, 0.5) is 0 Å². The number of amides is 2. The third-order valence-corrected chi connectivity index (χ3v) is 4.50. The number of carboxylic acids is 1. The number of hydrogen-bond acceptors (Lipinski definition) is 4. The molecular weight excluding hydrogens is 360 g/mol. The number of ether oxygens (including phenoxy) is 1. The monoisotopic (exact) mass is 382 g/mol. The average molecular weight is 382 g/mol. The van der Waals surface area contributed by atoms with Gasteiger partial charge in [0.25, 0.3) is 5.91 Å². The maximum absolute atomic E-state index is 12.2. The molecule has 0 aliphatic carbocycles. The van der Waals surface area contributed by atoms with E-state index in [0.717, 1.165) is 17.7 Å². The number of carbonyl (C=O) groups excluding carboxylic acids is 2. The maximum atomic E-state index is 12.2. The van der Waals surface area contributed by atoms with Gasteiger partial charge >= 0.3 is 5.97 Å². The van der Waals surface area contributed by atoms with Crippen molar-refractivity contribution < 1.29 is 24.2 Å². The van der Waals surface area contributed by atoms with E-state index in [1.54, 1.807) is 42.5 Å². The second-order valence-corrected chi connectivity index (χ2v) is 6.53. The molecule has 0 spiro atoms. The van der Waals surface area contributed by atoms with Gasteiger partial charge in [0, 0.05) is 24.9 Å². The Bertz CT molecular complexity index is 866. The van der Waals surface area contributed by atoms with Gasteiger partial charge in [0.1, 0.15) is 5.75 Å². The summed E-state index contributed by atoms with van der Waals surface area (Å²) in [6.45, 7) is 0.909. The Labute approximate surface area is 162 Å². The smallest absolute Gasteiger partial charge is 0.330 e. The quantitative estimate of drug-likeness (QED) is 0.606. The van der Waals surface area contributed by atoms with Crippen molar-refractivity contribution in [3.8, 4) is 5.75 Å². The Morgan fingerprint density at radius 2 is 1.89 bits per heavy atom. The molecule has 2 aromatic carbocycles. The number of hydrogen-bond donors (Lipinski definition) is 3. The first-order chi connectivity index (χ1) is 13.5. The number of carbonyl (C=O) groups is 3. The minimum Gasteiger partial charge on any atom is -0.493 e. The summed E-state index contributed by atoms with van der Waals surface area (Å²) in [5.41, 5.74) is 2.02. The van der Waals surface area contributed by atoms with E-state index in [1.807, 2.05) is 6.07 Å². The molecule has 0 radical (unpaired) electrons. The van der Waals surface area contributed by atoms with Gasteiger partial charge in [-0.05, 0) is 41.8 Å². The fraction of sp³-hybridized carbons (Fsp3) is 0.286. The molecular formula is C21H22N2O5. The first kappa shape index (κ1) is 19.4. The Morgan fingerprint density at radius 3 is 2.64 bits per heavy atom. The van der Waals surface area contributed by atoms with Crippen molar-refractivity contribution in [3.63, 3.8) is 0 Å². The summed E-state index contributed by atoms with van der Waals surface area (Å²) >= 11 is 0. The van der Waals surface area contributed by atoms with Crippen LogP contribution >= 0.6 is 0 Å². The largest absolute Gasteiger partial charge is 0.493 e. The van der Waals surface area contributed by atoms with E-state index >= 15 is 0 Å². The molecule has 0 fully saturated rings. The fourth-order valence-electron chi connectivity index (χ4n) is 3.05. The van der Waals surface area contributed by atoms with Crippen LogP contribution in [0, 0.1) is 0 Å². The molecule has 1 unspecified atom stereocenters. The summed E-state index contributed by atoms with van der Waals surface area (Å²) in [7, 11) is 0. The molecule has 1 heterocycles. The summed E-state index contributed by atoms with van der Waals surface area (Å²) in [5.74, 6) is -0.944. The van der Waals surface area contributed by atoms with Gasteiger partial charge in [-0.15, -0.1) is 0 Å². The zero-order valence-corrected chi connectivity index (χ0v) is 15.3. The van der Waals surface area contributed by atoms with Crippen LogP contribution in [0.2, 0.25) is 0 Å². The molecule has 28 heavy (non-hydrogen) atoms. The summed E-state index contributed by atoms with van der Waals surface area (Å²) in [5, 5.41) is 14.8. The SMILES string of the molecule is O=C(CCCNC(=O)c1ccccc1)NC(C(=O)O)c1ccc2c(c1)CCO2. The Hall–Kier alpha value is -3.35. The molecule has 2 aromatic rings. The molecule has 1 aliphatic rings. The third-order valence-electron chi connectivity index (χ3n) is 4.50. The Kier molecular flexibility index (Phi) is 6.26. The van der Waals surface area contributed by atoms with Crippen molar-refractivity contribution in [3.05, 3.63) is 65.2 Å². The van der Waals surface area contributed by atoms with Crippen molar-refractivity contribution in [2.45, 2.75) is 25.3 Å². The van der Waals surface area contributed by atoms with E-state index in [9.17, 15) is 19.5 Å². The molecule has 3 rings (SSSR count). The van der Waals surface area contributed by atoms with E-state index in [2.05, 4.69) is 10.6 Å². The predicted molar refractivity (Wildman–Crippen MR) is 102 cm³/mol. The number of aliphatic carboxylic acids is 1. The lowest BCUT2D eigenvalue weighted by atomic mass is 10.0. The zero-order chi connectivity index (χ0) is 19.9. The fourth-order valence-corrected chi connectivity index (χ4v) is 3.05. The van der Waals surface area contributed by atoms with Crippen LogP contribution in [0.25, 0.3) is 0 Å². The average Bonchev–Trinajstić information content (AvgIpc) is 3.17. The van der Waals surface area contributed by atoms with Crippen molar-refractivity contribution in [2.75, 3.05) is 13.2 Å². The van der Waals surface area contributed by atoms with E-state index in [0.29, 0.717) is 30.7 Å². The van der Waals surface area contributed by atoms with Gasteiger partial charge in [-0.3, -0.25) is 9.59 Å². The topological polar surface area (TPSA) is 105 Å². The van der Waals surface area contributed by atoms with Crippen LogP contribution in [0.3, 0.4) is 0 Å². The number of carboxylic acid groups (broad SMARTS) is 1. The van der Waals surface area contributed by atoms with E-state index in [-0.39, 0.29) is 18.2 Å². The van der Waals surface area contributed by atoms with Crippen LogP contribution in [-0.2, 0) is 16.0 Å². The Balaban J connectivity index is 1.48. The molecule has 146 valence electrons. The highest BCUT2D eigenvalue weighted by atomic mass is 16.5. The number of nitrogens with one attached hydrogen (secondary N) is 2. The van der Waals surface area contributed by atoms with E-state index < -0.39 is 12.0 Å². The summed E-state index contributed by atoms with van der Waals surface area (Å²) in [6.07, 6.45) is 1.26. The van der Waals surface area contributed by atoms with Gasteiger partial charge in [0.05, 0.1) is 6.61 Å². The molecule has 1 atom stereocenters. The second kappa shape index (κ2) is 9.03. The summed E-state index contributed by atoms with van der Waals surface area (Å²) < 4.78 is 5.42. The number of benzene rings is 2. The van der Waals surface area contributed by atoms with E-state index in [4.69, 9.17) is 4.74 Å². The summed E-state index contributed by atoms with van der Waals surface area (Å²) in [6, 6.07) is 12.8. The predicted octanol–water partition coefficient (Wildman–Crippen LogP) is 2.07. The number of rotatable bonds is 8. The van der Waals surface area contributed by atoms with Crippen molar-refractivity contribution in [2.24, 2.45) is 0 Å². The van der Waals surface area contributed by atoms with Gasteiger partial charge in [-0.25, -0.2) is 4.79 Å². The van der Waals surface area contributed by atoms with Gasteiger partial charge in [0.15, 0.2) is 6.04 Å². The molecule has 3 N–H and O–H groups in total. The molecule has 7 nitrogen and oxygen atoms in total. The Morgan fingerprint density at radius 1 is 1.11 bits per heavy atom. The molecule has 0 bridgehead atoms. The summed E-state index contributed by atoms with van der Waals surface area (Å²) in [4.78, 5) is 35.7. The van der Waals surface area contributed by atoms with E-state index in [1.165, 1.54) is 0 Å². The van der Waals surface area contributed by atoms with Gasteiger partial charge in [0.2, 0.25) is 5.91 Å². The minimum absolute atomic E-state index is 0.118. The third kappa shape index (κ3) is 4.88. The number of fused-ring (bicyclic) bond motifs is 1. The maximum Gasteiger partial charge on any atom is 0.330 e. The highest BCUT2D eigenvalue weighted by molar-refractivity contribution is 5.94. The van der Waals surface area contributed by atoms with Crippen molar-refractivity contribution in [1.82, 2.24) is 10.6 Å². The van der Waals surface area contributed by atoms with Gasteiger partial charge in [-0.1, -0.05) is 24.3 Å². The van der Waals surface area contributed by atoms with Gasteiger partial charge in [-0.2, -0.15) is 0 Å². The van der Waals surface area contributed by atoms with Crippen LogP contribution in [0.15, 0.2) is 48.5 Å². The van der Waals surface area contributed by atoms with Crippen LogP contribution in [0.5, 0.6) is 5.75 Å². The minimum atomic E-state index is -1.12.